The Labute approximate surface area is 155 Å². The van der Waals surface area contributed by atoms with Gasteiger partial charge in [0, 0.05) is 4.90 Å². The minimum atomic E-state index is -1.20. The molecule has 0 spiro atoms. The summed E-state index contributed by atoms with van der Waals surface area (Å²) in [5, 5.41) is 3.40. The van der Waals surface area contributed by atoms with Crippen LogP contribution in [0.15, 0.2) is 59.5 Å². The predicted molar refractivity (Wildman–Crippen MR) is 99.2 cm³/mol. The van der Waals surface area contributed by atoms with E-state index in [0.29, 0.717) is 5.56 Å². The van der Waals surface area contributed by atoms with Crippen molar-refractivity contribution in [2.75, 3.05) is 5.75 Å². The number of rotatable bonds is 5. The van der Waals surface area contributed by atoms with E-state index in [-0.39, 0.29) is 5.75 Å². The van der Waals surface area contributed by atoms with Crippen molar-refractivity contribution in [3.05, 3.63) is 65.7 Å². The zero-order valence-electron chi connectivity index (χ0n) is 14.5. The highest BCUT2D eigenvalue weighted by atomic mass is 32.2. The molecule has 4 amide bonds. The first kappa shape index (κ1) is 18.0. The molecule has 2 N–H and O–H groups in total. The molecule has 0 bridgehead atoms. The van der Waals surface area contributed by atoms with Crippen molar-refractivity contribution in [2.24, 2.45) is 0 Å². The number of nitrogens with one attached hydrogen (secondary N) is 2. The molecule has 1 heterocycles. The highest BCUT2D eigenvalue weighted by molar-refractivity contribution is 8.00. The second-order valence-corrected chi connectivity index (χ2v) is 7.25. The van der Waals surface area contributed by atoms with E-state index in [4.69, 9.17) is 0 Å². The minimum Gasteiger partial charge on any atom is -0.318 e. The number of hydrogen-bond donors (Lipinski definition) is 2. The number of thioether (sulfide) groups is 1. The lowest BCUT2D eigenvalue weighted by Gasteiger charge is -2.22. The summed E-state index contributed by atoms with van der Waals surface area (Å²) in [4.78, 5) is 38.0. The van der Waals surface area contributed by atoms with Gasteiger partial charge in [0.2, 0.25) is 5.91 Å². The van der Waals surface area contributed by atoms with E-state index in [0.717, 1.165) is 15.5 Å². The Kier molecular flexibility index (Phi) is 4.99. The molecule has 134 valence electrons. The van der Waals surface area contributed by atoms with E-state index in [1.165, 1.54) is 11.8 Å². The third kappa shape index (κ3) is 3.57. The van der Waals surface area contributed by atoms with Crippen LogP contribution in [0.25, 0.3) is 0 Å². The van der Waals surface area contributed by atoms with Gasteiger partial charge < -0.3 is 5.32 Å². The average molecular weight is 369 g/mol. The van der Waals surface area contributed by atoms with Gasteiger partial charge in [0.25, 0.3) is 5.91 Å². The zero-order valence-corrected chi connectivity index (χ0v) is 15.3. The molecule has 1 fully saturated rings. The molecule has 3 rings (SSSR count). The molecule has 6 nitrogen and oxygen atoms in total. The van der Waals surface area contributed by atoms with Crippen LogP contribution in [0, 0.1) is 6.92 Å². The smallest absolute Gasteiger partial charge is 0.318 e. The number of carbonyl (C=O) groups excluding carboxylic acids is 3. The molecule has 0 aromatic heterocycles. The van der Waals surface area contributed by atoms with Crippen LogP contribution in [0.2, 0.25) is 0 Å². The van der Waals surface area contributed by atoms with Crippen LogP contribution in [-0.2, 0) is 15.1 Å². The normalized spacial score (nSPS) is 19.4. The molecule has 7 heteroatoms. The van der Waals surface area contributed by atoms with Crippen molar-refractivity contribution in [1.29, 1.82) is 0 Å². The third-order valence-electron chi connectivity index (χ3n) is 4.17. The number of benzene rings is 2. The first-order valence-electron chi connectivity index (χ1n) is 8.11. The minimum absolute atomic E-state index is 0.0994. The van der Waals surface area contributed by atoms with Gasteiger partial charge in [-0.05, 0) is 31.5 Å². The maximum absolute atomic E-state index is 12.7. The van der Waals surface area contributed by atoms with Crippen molar-refractivity contribution < 1.29 is 14.4 Å². The van der Waals surface area contributed by atoms with Crippen LogP contribution in [0.1, 0.15) is 18.1 Å². The molecule has 1 saturated heterocycles. The summed E-state index contributed by atoms with van der Waals surface area (Å²) in [6.07, 6.45) is 0. The Morgan fingerprint density at radius 3 is 2.42 bits per heavy atom. The number of hydrogen-bond acceptors (Lipinski definition) is 4. The van der Waals surface area contributed by atoms with Crippen LogP contribution in [0.5, 0.6) is 0 Å². The van der Waals surface area contributed by atoms with Gasteiger partial charge in [-0.1, -0.05) is 48.0 Å². The molecule has 0 radical (unpaired) electrons. The van der Waals surface area contributed by atoms with Gasteiger partial charge in [0.05, 0.1) is 5.75 Å². The average Bonchev–Trinajstić information content (AvgIpc) is 2.86. The second kappa shape index (κ2) is 7.21. The van der Waals surface area contributed by atoms with Crippen molar-refractivity contribution in [3.8, 4) is 0 Å². The Bertz CT molecular complexity index is 839. The van der Waals surface area contributed by atoms with Crippen molar-refractivity contribution in [2.45, 2.75) is 24.3 Å². The fourth-order valence-corrected chi connectivity index (χ4v) is 3.34. The van der Waals surface area contributed by atoms with E-state index < -0.39 is 23.4 Å². The van der Waals surface area contributed by atoms with E-state index in [1.54, 1.807) is 31.2 Å². The molecule has 0 aliphatic carbocycles. The van der Waals surface area contributed by atoms with Crippen molar-refractivity contribution >= 4 is 29.6 Å². The number of hydrazine groups is 1. The molecule has 1 aliphatic rings. The van der Waals surface area contributed by atoms with Gasteiger partial charge in [-0.3, -0.25) is 15.0 Å². The largest absolute Gasteiger partial charge is 0.344 e. The Balaban J connectivity index is 1.64. The van der Waals surface area contributed by atoms with Gasteiger partial charge >= 0.3 is 6.03 Å². The summed E-state index contributed by atoms with van der Waals surface area (Å²) < 4.78 is 0. The molecule has 26 heavy (non-hydrogen) atoms. The second-order valence-electron chi connectivity index (χ2n) is 6.20. The lowest BCUT2D eigenvalue weighted by molar-refractivity contribution is -0.138. The fraction of sp³-hybridized carbons (Fsp3) is 0.211. The molecule has 1 aliphatic heterocycles. The Morgan fingerprint density at radius 2 is 1.77 bits per heavy atom. The number of urea groups is 1. The predicted octanol–water partition coefficient (Wildman–Crippen LogP) is 2.59. The maximum atomic E-state index is 12.7. The number of imide groups is 1. The molecular formula is C19H19N3O3S. The molecule has 0 saturated carbocycles. The molecule has 2 aromatic rings. The first-order chi connectivity index (χ1) is 12.4. The van der Waals surface area contributed by atoms with Crippen LogP contribution < -0.4 is 10.7 Å². The number of amides is 4. The first-order valence-corrected chi connectivity index (χ1v) is 9.10. The monoisotopic (exact) mass is 369 g/mol. The zero-order chi connectivity index (χ0) is 18.7. The Hall–Kier alpha value is -2.80. The van der Waals surface area contributed by atoms with E-state index >= 15 is 0 Å². The molecule has 2 aromatic carbocycles. The van der Waals surface area contributed by atoms with Gasteiger partial charge in [-0.2, -0.15) is 5.01 Å². The number of aryl methyl sites for hydroxylation is 1. The van der Waals surface area contributed by atoms with Crippen LogP contribution in [-0.4, -0.2) is 28.6 Å². The quantitative estimate of drug-likeness (QED) is 0.627. The third-order valence-corrected chi connectivity index (χ3v) is 5.18. The number of nitrogens with zero attached hydrogens (tertiary/aromatic N) is 1. The topological polar surface area (TPSA) is 78.5 Å². The summed E-state index contributed by atoms with van der Waals surface area (Å²) in [7, 11) is 0. The lowest BCUT2D eigenvalue weighted by Crippen LogP contribution is -2.48. The highest BCUT2D eigenvalue weighted by Crippen LogP contribution is 2.27. The summed E-state index contributed by atoms with van der Waals surface area (Å²) in [6.45, 7) is 3.61. The van der Waals surface area contributed by atoms with Gasteiger partial charge in [0.1, 0.15) is 5.54 Å². The van der Waals surface area contributed by atoms with Crippen LogP contribution in [0.3, 0.4) is 0 Å². The van der Waals surface area contributed by atoms with Crippen molar-refractivity contribution in [3.63, 3.8) is 0 Å². The molecule has 1 unspecified atom stereocenters. The molecular weight excluding hydrogens is 350 g/mol. The SMILES string of the molecule is Cc1ccc(SCC(=O)NN2C(=O)NC(C)(c3ccccc3)C2=O)cc1. The summed E-state index contributed by atoms with van der Waals surface area (Å²) >= 11 is 1.34. The summed E-state index contributed by atoms with van der Waals surface area (Å²) in [6, 6.07) is 16.1. The van der Waals surface area contributed by atoms with Gasteiger partial charge in [-0.25, -0.2) is 4.79 Å². The standard InChI is InChI=1S/C19H19N3O3S/c1-13-8-10-15(11-9-13)26-12-16(23)21-22-17(24)19(2,20-18(22)25)14-6-4-3-5-7-14/h3-11H,12H2,1-2H3,(H,20,25)(H,21,23). The highest BCUT2D eigenvalue weighted by Gasteiger charge is 2.49. The van der Waals surface area contributed by atoms with Gasteiger partial charge in [0.15, 0.2) is 0 Å². The lowest BCUT2D eigenvalue weighted by atomic mass is 9.92. The van der Waals surface area contributed by atoms with Gasteiger partial charge in [-0.15, -0.1) is 11.8 Å². The van der Waals surface area contributed by atoms with Crippen LogP contribution in [0.4, 0.5) is 4.79 Å². The Morgan fingerprint density at radius 1 is 1.12 bits per heavy atom. The summed E-state index contributed by atoms with van der Waals surface area (Å²) in [5.41, 5.74) is 2.99. The van der Waals surface area contributed by atoms with Crippen molar-refractivity contribution in [1.82, 2.24) is 15.8 Å². The maximum Gasteiger partial charge on any atom is 0.344 e. The fourth-order valence-electron chi connectivity index (χ4n) is 2.65. The molecule has 1 atom stereocenters. The van der Waals surface area contributed by atoms with Crippen LogP contribution >= 0.6 is 11.8 Å². The summed E-state index contributed by atoms with van der Waals surface area (Å²) in [5.74, 6) is -0.832. The van der Waals surface area contributed by atoms with E-state index in [2.05, 4.69) is 10.7 Å². The van der Waals surface area contributed by atoms with E-state index in [9.17, 15) is 14.4 Å². The number of carbonyl (C=O) groups is 3. The van der Waals surface area contributed by atoms with E-state index in [1.807, 2.05) is 37.3 Å².